The van der Waals surface area contributed by atoms with Crippen LogP contribution in [0.3, 0.4) is 0 Å². The molecule has 4 amide bonds. The van der Waals surface area contributed by atoms with Gasteiger partial charge in [0.15, 0.2) is 0 Å². The molecule has 1 unspecified atom stereocenters. The van der Waals surface area contributed by atoms with Crippen LogP contribution in [0.2, 0.25) is 0 Å². The SMILES string of the molecule is COc1ccccc1C(=O)NC[C@]1(c2ccccc2)CC[C@H](N2C(=O)NC(C(C)C)C2=O)CC1. The normalized spacial score (nSPS) is 24.8. The highest BCUT2D eigenvalue weighted by Gasteiger charge is 2.46. The molecule has 2 fully saturated rings. The fraction of sp³-hybridized carbons (Fsp3) is 0.444. The van der Waals surface area contributed by atoms with Crippen molar-refractivity contribution in [2.75, 3.05) is 13.7 Å². The Kier molecular flexibility index (Phi) is 6.91. The van der Waals surface area contributed by atoms with Crippen molar-refractivity contribution in [3.8, 4) is 5.75 Å². The van der Waals surface area contributed by atoms with Gasteiger partial charge in [0.2, 0.25) is 0 Å². The molecule has 1 heterocycles. The van der Waals surface area contributed by atoms with E-state index in [1.165, 1.54) is 4.90 Å². The van der Waals surface area contributed by atoms with Gasteiger partial charge in [-0.2, -0.15) is 0 Å². The number of carbonyl (C=O) groups is 3. The van der Waals surface area contributed by atoms with E-state index in [1.54, 1.807) is 19.2 Å². The van der Waals surface area contributed by atoms with Gasteiger partial charge in [0.05, 0.1) is 12.7 Å². The van der Waals surface area contributed by atoms with Gasteiger partial charge in [0, 0.05) is 18.0 Å². The van der Waals surface area contributed by atoms with Crippen LogP contribution in [0.15, 0.2) is 54.6 Å². The molecule has 34 heavy (non-hydrogen) atoms. The first kappa shape index (κ1) is 23.8. The van der Waals surface area contributed by atoms with Crippen molar-refractivity contribution in [2.24, 2.45) is 5.92 Å². The third kappa shape index (κ3) is 4.52. The molecule has 0 aromatic heterocycles. The van der Waals surface area contributed by atoms with Crippen molar-refractivity contribution in [1.29, 1.82) is 0 Å². The number of benzene rings is 2. The molecule has 1 saturated heterocycles. The Balaban J connectivity index is 1.51. The van der Waals surface area contributed by atoms with E-state index in [-0.39, 0.29) is 35.2 Å². The molecule has 4 rings (SSSR count). The molecule has 2 aromatic carbocycles. The maximum Gasteiger partial charge on any atom is 0.325 e. The van der Waals surface area contributed by atoms with E-state index in [1.807, 2.05) is 44.2 Å². The molecule has 2 aliphatic rings. The summed E-state index contributed by atoms with van der Waals surface area (Å²) >= 11 is 0. The van der Waals surface area contributed by atoms with Gasteiger partial charge in [-0.25, -0.2) is 4.79 Å². The van der Waals surface area contributed by atoms with Crippen LogP contribution in [0.5, 0.6) is 5.75 Å². The van der Waals surface area contributed by atoms with Crippen LogP contribution >= 0.6 is 0 Å². The van der Waals surface area contributed by atoms with Gasteiger partial charge in [-0.15, -0.1) is 0 Å². The monoisotopic (exact) mass is 463 g/mol. The van der Waals surface area contributed by atoms with Gasteiger partial charge in [-0.1, -0.05) is 56.3 Å². The lowest BCUT2D eigenvalue weighted by molar-refractivity contribution is -0.130. The van der Waals surface area contributed by atoms with Gasteiger partial charge in [0.1, 0.15) is 11.8 Å². The Morgan fingerprint density at radius 2 is 1.74 bits per heavy atom. The number of hydrogen-bond acceptors (Lipinski definition) is 4. The van der Waals surface area contributed by atoms with E-state index in [9.17, 15) is 14.4 Å². The van der Waals surface area contributed by atoms with Gasteiger partial charge in [-0.05, 0) is 49.3 Å². The Hall–Kier alpha value is -3.35. The molecular formula is C27H33N3O4. The minimum atomic E-state index is -0.451. The summed E-state index contributed by atoms with van der Waals surface area (Å²) in [5.74, 6) is 0.291. The molecule has 7 heteroatoms. The summed E-state index contributed by atoms with van der Waals surface area (Å²) in [4.78, 5) is 39.9. The summed E-state index contributed by atoms with van der Waals surface area (Å²) in [6, 6.07) is 16.5. The molecule has 0 bridgehead atoms. The lowest BCUT2D eigenvalue weighted by atomic mass is 9.67. The second-order valence-corrected chi connectivity index (χ2v) is 9.64. The number of nitrogens with one attached hydrogen (secondary N) is 2. The van der Waals surface area contributed by atoms with E-state index < -0.39 is 6.04 Å². The minimum Gasteiger partial charge on any atom is -0.496 e. The number of urea groups is 1. The topological polar surface area (TPSA) is 87.7 Å². The number of hydrogen-bond donors (Lipinski definition) is 2. The van der Waals surface area contributed by atoms with E-state index in [2.05, 4.69) is 22.8 Å². The van der Waals surface area contributed by atoms with Crippen LogP contribution in [-0.2, 0) is 10.2 Å². The van der Waals surface area contributed by atoms with Crippen LogP contribution < -0.4 is 15.4 Å². The first-order valence-corrected chi connectivity index (χ1v) is 12.0. The Bertz CT molecular complexity index is 1040. The number of ether oxygens (including phenoxy) is 1. The van der Waals surface area contributed by atoms with E-state index in [4.69, 9.17) is 4.74 Å². The number of rotatable bonds is 7. The standard InChI is InChI=1S/C27H33N3O4/c1-18(2)23-25(32)30(26(33)29-23)20-13-15-27(16-14-20,19-9-5-4-6-10-19)17-28-24(31)21-11-7-8-12-22(21)34-3/h4-12,18,20,23H,13-17H2,1-3H3,(H,28,31)(H,29,33)/t20-,23?,27-. The molecule has 0 radical (unpaired) electrons. The minimum absolute atomic E-state index is 0.0543. The molecule has 180 valence electrons. The second-order valence-electron chi connectivity index (χ2n) is 9.64. The number of para-hydroxylation sites is 1. The third-order valence-electron chi connectivity index (χ3n) is 7.27. The molecule has 2 N–H and O–H groups in total. The first-order valence-electron chi connectivity index (χ1n) is 12.0. The Morgan fingerprint density at radius 3 is 2.35 bits per heavy atom. The largest absolute Gasteiger partial charge is 0.496 e. The lowest BCUT2D eigenvalue weighted by Crippen LogP contribution is -2.49. The van der Waals surface area contributed by atoms with Crippen LogP contribution in [0, 0.1) is 5.92 Å². The summed E-state index contributed by atoms with van der Waals surface area (Å²) in [5, 5.41) is 5.97. The highest BCUT2D eigenvalue weighted by atomic mass is 16.5. The van der Waals surface area contributed by atoms with Crippen LogP contribution in [-0.4, -0.2) is 48.5 Å². The van der Waals surface area contributed by atoms with Gasteiger partial charge in [0.25, 0.3) is 11.8 Å². The quantitative estimate of drug-likeness (QED) is 0.610. The first-order chi connectivity index (χ1) is 16.4. The van der Waals surface area contributed by atoms with Crippen LogP contribution in [0.25, 0.3) is 0 Å². The van der Waals surface area contributed by atoms with Gasteiger partial charge in [-0.3, -0.25) is 14.5 Å². The van der Waals surface area contributed by atoms with Crippen LogP contribution in [0.1, 0.15) is 55.5 Å². The number of methoxy groups -OCH3 is 1. The average Bonchev–Trinajstić information content (AvgIpc) is 3.17. The van der Waals surface area contributed by atoms with Crippen molar-refractivity contribution < 1.29 is 19.1 Å². The third-order valence-corrected chi connectivity index (χ3v) is 7.27. The molecule has 1 aliphatic carbocycles. The highest BCUT2D eigenvalue weighted by Crippen LogP contribution is 2.41. The zero-order valence-electron chi connectivity index (χ0n) is 20.0. The molecular weight excluding hydrogens is 430 g/mol. The zero-order chi connectivity index (χ0) is 24.3. The van der Waals surface area contributed by atoms with Gasteiger partial charge < -0.3 is 15.4 Å². The number of imide groups is 1. The van der Waals surface area contributed by atoms with E-state index in [0.29, 0.717) is 30.7 Å². The maximum atomic E-state index is 13.0. The number of nitrogens with zero attached hydrogens (tertiary/aromatic N) is 1. The molecule has 2 aromatic rings. The number of carbonyl (C=O) groups excluding carboxylic acids is 3. The molecule has 0 spiro atoms. The summed E-state index contributed by atoms with van der Waals surface area (Å²) in [6.07, 6.45) is 2.92. The Morgan fingerprint density at radius 1 is 1.09 bits per heavy atom. The summed E-state index contributed by atoms with van der Waals surface area (Å²) < 4.78 is 5.35. The predicted molar refractivity (Wildman–Crippen MR) is 130 cm³/mol. The highest BCUT2D eigenvalue weighted by molar-refractivity contribution is 6.04. The summed E-state index contributed by atoms with van der Waals surface area (Å²) in [5.41, 5.74) is 1.39. The molecule has 7 nitrogen and oxygen atoms in total. The van der Waals surface area contributed by atoms with Crippen molar-refractivity contribution in [3.05, 3.63) is 65.7 Å². The molecule has 1 atom stereocenters. The summed E-state index contributed by atoms with van der Waals surface area (Å²) in [7, 11) is 1.55. The molecule has 1 aliphatic heterocycles. The predicted octanol–water partition coefficient (Wildman–Crippen LogP) is 3.88. The molecule has 1 saturated carbocycles. The van der Waals surface area contributed by atoms with Crippen molar-refractivity contribution >= 4 is 17.8 Å². The van der Waals surface area contributed by atoms with Crippen molar-refractivity contribution in [1.82, 2.24) is 15.5 Å². The smallest absolute Gasteiger partial charge is 0.325 e. The lowest BCUT2D eigenvalue weighted by Gasteiger charge is -2.42. The maximum absolute atomic E-state index is 13.0. The average molecular weight is 464 g/mol. The van der Waals surface area contributed by atoms with Crippen molar-refractivity contribution in [2.45, 2.75) is 57.0 Å². The van der Waals surface area contributed by atoms with E-state index in [0.717, 1.165) is 18.4 Å². The number of amides is 4. The Labute approximate surface area is 200 Å². The zero-order valence-corrected chi connectivity index (χ0v) is 20.0. The fourth-order valence-electron chi connectivity index (χ4n) is 5.26. The second kappa shape index (κ2) is 9.87. The fourth-order valence-corrected chi connectivity index (χ4v) is 5.26. The summed E-state index contributed by atoms with van der Waals surface area (Å²) in [6.45, 7) is 4.35. The van der Waals surface area contributed by atoms with Crippen LogP contribution in [0.4, 0.5) is 4.79 Å². The van der Waals surface area contributed by atoms with Gasteiger partial charge >= 0.3 is 6.03 Å². The van der Waals surface area contributed by atoms with Crippen molar-refractivity contribution in [3.63, 3.8) is 0 Å². The van der Waals surface area contributed by atoms with E-state index >= 15 is 0 Å².